The van der Waals surface area contributed by atoms with Crippen LogP contribution in [0.15, 0.2) is 30.3 Å². The molecule has 1 aromatic rings. The molecule has 3 nitrogen and oxygen atoms in total. The number of ether oxygens (including phenoxy) is 2. The zero-order valence-electron chi connectivity index (χ0n) is 13.4. The average Bonchev–Trinajstić information content (AvgIpc) is 3.35. The van der Waals surface area contributed by atoms with Gasteiger partial charge in [0.2, 0.25) is 0 Å². The van der Waals surface area contributed by atoms with E-state index in [-0.39, 0.29) is 5.41 Å². The predicted octanol–water partition coefficient (Wildman–Crippen LogP) is 3.00. The van der Waals surface area contributed by atoms with Crippen molar-refractivity contribution in [2.45, 2.75) is 31.6 Å². The molecule has 0 saturated heterocycles. The molecule has 1 N–H and O–H groups in total. The standard InChI is InChI=1S/C18H29NO2/c1-3-18(14-19-11-12-20-2,15-21-13-16-9-10-16)17-7-5-4-6-8-17/h4-8,16,19H,3,9-15H2,1-2H3. The van der Waals surface area contributed by atoms with E-state index in [0.29, 0.717) is 0 Å². The summed E-state index contributed by atoms with van der Waals surface area (Å²) in [5.74, 6) is 0.816. The minimum absolute atomic E-state index is 0.0594. The molecule has 0 amide bonds. The predicted molar refractivity (Wildman–Crippen MR) is 86.7 cm³/mol. The van der Waals surface area contributed by atoms with Crippen molar-refractivity contribution in [3.05, 3.63) is 35.9 Å². The summed E-state index contributed by atoms with van der Waals surface area (Å²) < 4.78 is 11.2. The first kappa shape index (κ1) is 16.5. The first-order valence-electron chi connectivity index (χ1n) is 8.13. The Morgan fingerprint density at radius 2 is 2.00 bits per heavy atom. The molecule has 0 bridgehead atoms. The molecule has 0 heterocycles. The smallest absolute Gasteiger partial charge is 0.0587 e. The normalized spacial score (nSPS) is 17.6. The maximum Gasteiger partial charge on any atom is 0.0587 e. The van der Waals surface area contributed by atoms with Crippen LogP contribution in [0.3, 0.4) is 0 Å². The van der Waals surface area contributed by atoms with Crippen LogP contribution in [-0.4, -0.2) is 40.0 Å². The fraction of sp³-hybridized carbons (Fsp3) is 0.667. The van der Waals surface area contributed by atoms with Gasteiger partial charge < -0.3 is 14.8 Å². The van der Waals surface area contributed by atoms with Gasteiger partial charge in [-0.15, -0.1) is 0 Å². The van der Waals surface area contributed by atoms with Gasteiger partial charge in [-0.05, 0) is 30.7 Å². The Morgan fingerprint density at radius 1 is 1.24 bits per heavy atom. The van der Waals surface area contributed by atoms with Crippen molar-refractivity contribution in [2.75, 3.05) is 40.0 Å². The molecule has 0 radical (unpaired) electrons. The monoisotopic (exact) mass is 291 g/mol. The Morgan fingerprint density at radius 3 is 2.62 bits per heavy atom. The largest absolute Gasteiger partial charge is 0.383 e. The zero-order chi connectivity index (χ0) is 15.0. The van der Waals surface area contributed by atoms with E-state index < -0.39 is 0 Å². The van der Waals surface area contributed by atoms with Crippen LogP contribution in [0.25, 0.3) is 0 Å². The lowest BCUT2D eigenvalue weighted by molar-refractivity contribution is 0.0710. The number of rotatable bonds is 11. The molecule has 21 heavy (non-hydrogen) atoms. The van der Waals surface area contributed by atoms with E-state index in [1.807, 2.05) is 0 Å². The third-order valence-electron chi connectivity index (χ3n) is 4.44. The van der Waals surface area contributed by atoms with Crippen molar-refractivity contribution in [1.29, 1.82) is 0 Å². The minimum Gasteiger partial charge on any atom is -0.383 e. The van der Waals surface area contributed by atoms with Crippen molar-refractivity contribution in [3.8, 4) is 0 Å². The highest BCUT2D eigenvalue weighted by Gasteiger charge is 2.31. The van der Waals surface area contributed by atoms with Gasteiger partial charge in [0.05, 0.1) is 13.2 Å². The molecule has 0 aliphatic heterocycles. The Labute approximate surface area is 129 Å². The Kier molecular flexibility index (Phi) is 6.68. The van der Waals surface area contributed by atoms with Crippen LogP contribution >= 0.6 is 0 Å². The lowest BCUT2D eigenvalue weighted by Gasteiger charge is -2.33. The van der Waals surface area contributed by atoms with Crippen LogP contribution in [-0.2, 0) is 14.9 Å². The van der Waals surface area contributed by atoms with Crippen LogP contribution in [0.5, 0.6) is 0 Å². The number of nitrogens with one attached hydrogen (secondary N) is 1. The Hall–Kier alpha value is -0.900. The fourth-order valence-corrected chi connectivity index (χ4v) is 2.67. The molecule has 0 spiro atoms. The summed E-state index contributed by atoms with van der Waals surface area (Å²) in [7, 11) is 1.74. The Balaban J connectivity index is 1.98. The van der Waals surface area contributed by atoms with Crippen molar-refractivity contribution >= 4 is 0 Å². The summed E-state index contributed by atoms with van der Waals surface area (Å²) in [4.78, 5) is 0. The highest BCUT2D eigenvalue weighted by Crippen LogP contribution is 2.32. The van der Waals surface area contributed by atoms with Gasteiger partial charge in [-0.3, -0.25) is 0 Å². The maximum atomic E-state index is 6.05. The van der Waals surface area contributed by atoms with Gasteiger partial charge in [-0.1, -0.05) is 37.3 Å². The quantitative estimate of drug-likeness (QED) is 0.636. The van der Waals surface area contributed by atoms with Crippen LogP contribution < -0.4 is 5.32 Å². The molecule has 3 heteroatoms. The van der Waals surface area contributed by atoms with E-state index in [0.717, 1.165) is 45.2 Å². The van der Waals surface area contributed by atoms with E-state index in [2.05, 4.69) is 42.6 Å². The highest BCUT2D eigenvalue weighted by atomic mass is 16.5. The van der Waals surface area contributed by atoms with Gasteiger partial charge >= 0.3 is 0 Å². The second kappa shape index (κ2) is 8.52. The number of hydrogen-bond donors (Lipinski definition) is 1. The first-order valence-corrected chi connectivity index (χ1v) is 8.13. The van der Waals surface area contributed by atoms with E-state index in [1.165, 1.54) is 18.4 Å². The molecule has 1 atom stereocenters. The van der Waals surface area contributed by atoms with E-state index in [1.54, 1.807) is 7.11 Å². The third kappa shape index (κ3) is 5.10. The fourth-order valence-electron chi connectivity index (χ4n) is 2.67. The van der Waals surface area contributed by atoms with Crippen LogP contribution in [0.1, 0.15) is 31.7 Å². The molecule has 1 aromatic carbocycles. The SMILES string of the molecule is CCC(CNCCOC)(COCC1CC1)c1ccccc1. The third-order valence-corrected chi connectivity index (χ3v) is 4.44. The maximum absolute atomic E-state index is 6.05. The second-order valence-electron chi connectivity index (χ2n) is 6.13. The van der Waals surface area contributed by atoms with Crippen molar-refractivity contribution in [3.63, 3.8) is 0 Å². The van der Waals surface area contributed by atoms with Gasteiger partial charge in [0.1, 0.15) is 0 Å². The van der Waals surface area contributed by atoms with Crippen LogP contribution in [0, 0.1) is 5.92 Å². The molecule has 1 aliphatic rings. The molecule has 2 rings (SSSR count). The van der Waals surface area contributed by atoms with Gasteiger partial charge in [-0.25, -0.2) is 0 Å². The van der Waals surface area contributed by atoms with Gasteiger partial charge in [-0.2, -0.15) is 0 Å². The average molecular weight is 291 g/mol. The molecule has 0 aromatic heterocycles. The van der Waals surface area contributed by atoms with Crippen molar-refractivity contribution in [1.82, 2.24) is 5.32 Å². The summed E-state index contributed by atoms with van der Waals surface area (Å²) in [6.45, 7) is 6.54. The van der Waals surface area contributed by atoms with E-state index in [9.17, 15) is 0 Å². The summed E-state index contributed by atoms with van der Waals surface area (Å²) in [5.41, 5.74) is 1.43. The summed E-state index contributed by atoms with van der Waals surface area (Å²) in [6.07, 6.45) is 3.76. The zero-order valence-corrected chi connectivity index (χ0v) is 13.4. The Bertz CT molecular complexity index is 391. The molecule has 1 unspecified atom stereocenters. The highest BCUT2D eigenvalue weighted by molar-refractivity contribution is 5.26. The minimum atomic E-state index is 0.0594. The van der Waals surface area contributed by atoms with Gasteiger partial charge in [0, 0.05) is 32.2 Å². The first-order chi connectivity index (χ1) is 10.3. The number of hydrogen-bond acceptors (Lipinski definition) is 3. The topological polar surface area (TPSA) is 30.5 Å². The van der Waals surface area contributed by atoms with Crippen molar-refractivity contribution in [2.24, 2.45) is 5.92 Å². The van der Waals surface area contributed by atoms with Crippen LogP contribution in [0.4, 0.5) is 0 Å². The summed E-state index contributed by atoms with van der Waals surface area (Å²) in [6, 6.07) is 10.8. The van der Waals surface area contributed by atoms with Gasteiger partial charge in [0.25, 0.3) is 0 Å². The second-order valence-corrected chi connectivity index (χ2v) is 6.13. The molecule has 1 saturated carbocycles. The lowest BCUT2D eigenvalue weighted by Crippen LogP contribution is -2.42. The van der Waals surface area contributed by atoms with E-state index >= 15 is 0 Å². The summed E-state index contributed by atoms with van der Waals surface area (Å²) in [5, 5.41) is 3.53. The van der Waals surface area contributed by atoms with E-state index in [4.69, 9.17) is 9.47 Å². The van der Waals surface area contributed by atoms with Crippen molar-refractivity contribution < 1.29 is 9.47 Å². The molecular weight excluding hydrogens is 262 g/mol. The molecule has 1 fully saturated rings. The molecular formula is C18H29NO2. The summed E-state index contributed by atoms with van der Waals surface area (Å²) >= 11 is 0. The molecule has 118 valence electrons. The lowest BCUT2D eigenvalue weighted by atomic mass is 9.78. The van der Waals surface area contributed by atoms with Gasteiger partial charge in [0.15, 0.2) is 0 Å². The molecule has 1 aliphatic carbocycles. The number of benzene rings is 1. The van der Waals surface area contributed by atoms with Crippen LogP contribution in [0.2, 0.25) is 0 Å². The number of methoxy groups -OCH3 is 1.